The summed E-state index contributed by atoms with van der Waals surface area (Å²) < 4.78 is 5.10. The Hall–Kier alpha value is -3.00. The molecule has 2 rings (SSSR count). The number of nitrogens with one attached hydrogen (secondary N) is 2. The molecule has 0 fully saturated rings. The van der Waals surface area contributed by atoms with Crippen LogP contribution in [0.5, 0.6) is 5.75 Å². The highest BCUT2D eigenvalue weighted by atomic mass is 32.1. The third-order valence-electron chi connectivity index (χ3n) is 3.21. The monoisotopic (exact) mass is 345 g/mol. The summed E-state index contributed by atoms with van der Waals surface area (Å²) in [5.41, 5.74) is 1.32. The van der Waals surface area contributed by atoms with Gasteiger partial charge in [0.2, 0.25) is 0 Å². The van der Waals surface area contributed by atoms with E-state index in [1.807, 2.05) is 0 Å². The zero-order valence-corrected chi connectivity index (χ0v) is 13.8. The summed E-state index contributed by atoms with van der Waals surface area (Å²) in [4.78, 5) is 22.5. The molecule has 0 heterocycles. The van der Waals surface area contributed by atoms with Crippen LogP contribution in [0, 0.1) is 17.0 Å². The Morgan fingerprint density at radius 1 is 1.25 bits per heavy atom. The van der Waals surface area contributed by atoms with Crippen molar-refractivity contribution in [2.45, 2.75) is 6.92 Å². The van der Waals surface area contributed by atoms with Crippen LogP contribution in [-0.4, -0.2) is 23.1 Å². The van der Waals surface area contributed by atoms with Crippen molar-refractivity contribution >= 4 is 34.6 Å². The summed E-state index contributed by atoms with van der Waals surface area (Å²) in [6.45, 7) is 1.57. The second kappa shape index (κ2) is 7.51. The summed E-state index contributed by atoms with van der Waals surface area (Å²) >= 11 is 5.10. The molecule has 2 aromatic rings. The van der Waals surface area contributed by atoms with Crippen molar-refractivity contribution in [1.82, 2.24) is 5.32 Å². The molecule has 0 aliphatic carbocycles. The van der Waals surface area contributed by atoms with Crippen LogP contribution >= 0.6 is 12.2 Å². The van der Waals surface area contributed by atoms with Gasteiger partial charge in [0.15, 0.2) is 5.11 Å². The van der Waals surface area contributed by atoms with Gasteiger partial charge in [-0.25, -0.2) is 0 Å². The maximum Gasteiger partial charge on any atom is 0.272 e. The Kier molecular flexibility index (Phi) is 5.43. The van der Waals surface area contributed by atoms with Crippen LogP contribution < -0.4 is 15.4 Å². The minimum atomic E-state index is -0.494. The zero-order valence-electron chi connectivity index (χ0n) is 13.0. The number of nitrogens with zero attached hydrogens (tertiary/aromatic N) is 1. The highest BCUT2D eigenvalue weighted by Crippen LogP contribution is 2.19. The predicted molar refractivity (Wildman–Crippen MR) is 94.5 cm³/mol. The molecule has 124 valence electrons. The van der Waals surface area contributed by atoms with E-state index in [2.05, 4.69) is 10.6 Å². The van der Waals surface area contributed by atoms with Crippen LogP contribution in [0.4, 0.5) is 11.4 Å². The van der Waals surface area contributed by atoms with Crippen LogP contribution in [0.2, 0.25) is 0 Å². The van der Waals surface area contributed by atoms with Crippen LogP contribution in [0.1, 0.15) is 15.9 Å². The first kappa shape index (κ1) is 17.4. The summed E-state index contributed by atoms with van der Waals surface area (Å²) in [6.07, 6.45) is 0. The minimum Gasteiger partial charge on any atom is -0.497 e. The second-order valence-corrected chi connectivity index (χ2v) is 5.31. The highest BCUT2D eigenvalue weighted by Gasteiger charge is 2.14. The molecule has 2 aromatic carbocycles. The maximum absolute atomic E-state index is 12.2. The van der Waals surface area contributed by atoms with Gasteiger partial charge in [-0.05, 0) is 43.4 Å². The number of aryl methyl sites for hydroxylation is 1. The van der Waals surface area contributed by atoms with Gasteiger partial charge >= 0.3 is 0 Å². The van der Waals surface area contributed by atoms with Crippen LogP contribution in [0.15, 0.2) is 42.5 Å². The number of methoxy groups -OCH3 is 1. The first-order chi connectivity index (χ1) is 11.4. The van der Waals surface area contributed by atoms with Crippen molar-refractivity contribution in [1.29, 1.82) is 0 Å². The number of benzene rings is 2. The predicted octanol–water partition coefficient (Wildman–Crippen LogP) is 3.04. The van der Waals surface area contributed by atoms with Gasteiger partial charge in [0, 0.05) is 28.9 Å². The van der Waals surface area contributed by atoms with Crippen molar-refractivity contribution < 1.29 is 14.5 Å². The number of hydrogen-bond donors (Lipinski definition) is 2. The topological polar surface area (TPSA) is 93.5 Å². The van der Waals surface area contributed by atoms with Gasteiger partial charge in [-0.2, -0.15) is 0 Å². The van der Waals surface area contributed by atoms with Crippen molar-refractivity contribution in [3.63, 3.8) is 0 Å². The molecule has 0 bridgehead atoms. The van der Waals surface area contributed by atoms with Gasteiger partial charge in [-0.1, -0.05) is 6.07 Å². The molecular weight excluding hydrogens is 330 g/mol. The van der Waals surface area contributed by atoms with Gasteiger partial charge in [0.25, 0.3) is 11.6 Å². The molecule has 1 amide bonds. The summed E-state index contributed by atoms with van der Waals surface area (Å²) in [5, 5.41) is 16.3. The lowest BCUT2D eigenvalue weighted by Gasteiger charge is -2.11. The average Bonchev–Trinajstić information content (AvgIpc) is 2.54. The molecule has 0 spiro atoms. The molecule has 0 aromatic heterocycles. The summed E-state index contributed by atoms with van der Waals surface area (Å²) in [7, 11) is 1.55. The fourth-order valence-corrected chi connectivity index (χ4v) is 2.25. The number of nitro groups is 1. The third-order valence-corrected chi connectivity index (χ3v) is 3.41. The number of hydrogen-bond acceptors (Lipinski definition) is 5. The minimum absolute atomic E-state index is 0.0383. The normalized spacial score (nSPS) is 9.92. The Labute approximate surface area is 143 Å². The van der Waals surface area contributed by atoms with Crippen molar-refractivity contribution in [2.24, 2.45) is 0 Å². The van der Waals surface area contributed by atoms with Crippen molar-refractivity contribution in [3.8, 4) is 5.75 Å². The Morgan fingerprint density at radius 2 is 2.00 bits per heavy atom. The largest absolute Gasteiger partial charge is 0.497 e. The number of thiocarbonyl (C=S) groups is 1. The van der Waals surface area contributed by atoms with E-state index in [0.29, 0.717) is 17.0 Å². The first-order valence-corrected chi connectivity index (χ1v) is 7.33. The lowest BCUT2D eigenvalue weighted by Crippen LogP contribution is -2.34. The van der Waals surface area contributed by atoms with E-state index in [1.54, 1.807) is 38.3 Å². The van der Waals surface area contributed by atoms with E-state index < -0.39 is 10.8 Å². The fraction of sp³-hybridized carbons (Fsp3) is 0.125. The molecular formula is C16H15N3O4S. The van der Waals surface area contributed by atoms with Crippen molar-refractivity contribution in [2.75, 3.05) is 12.4 Å². The number of carbonyl (C=O) groups is 1. The third kappa shape index (κ3) is 4.26. The molecule has 0 unspecified atom stereocenters. The average molecular weight is 345 g/mol. The number of anilines is 1. The first-order valence-electron chi connectivity index (χ1n) is 6.92. The number of rotatable bonds is 4. The van der Waals surface area contributed by atoms with Gasteiger partial charge in [0.1, 0.15) is 5.75 Å². The molecule has 0 radical (unpaired) electrons. The highest BCUT2D eigenvalue weighted by molar-refractivity contribution is 7.80. The lowest BCUT2D eigenvalue weighted by molar-refractivity contribution is -0.385. The molecule has 24 heavy (non-hydrogen) atoms. The van der Waals surface area contributed by atoms with E-state index in [0.717, 1.165) is 0 Å². The van der Waals surface area contributed by atoms with Gasteiger partial charge in [-0.15, -0.1) is 0 Å². The van der Waals surface area contributed by atoms with E-state index >= 15 is 0 Å². The Balaban J connectivity index is 2.04. The fourth-order valence-electron chi connectivity index (χ4n) is 2.04. The Bertz CT molecular complexity index is 808. The smallest absolute Gasteiger partial charge is 0.272 e. The molecule has 0 aliphatic heterocycles. The number of amides is 1. The number of carbonyl (C=O) groups excluding carboxylic acids is 1. The molecule has 2 N–H and O–H groups in total. The molecule has 7 nitrogen and oxygen atoms in total. The van der Waals surface area contributed by atoms with E-state index in [4.69, 9.17) is 17.0 Å². The lowest BCUT2D eigenvalue weighted by atomic mass is 10.1. The molecule has 0 aliphatic rings. The van der Waals surface area contributed by atoms with Gasteiger partial charge < -0.3 is 10.1 Å². The van der Waals surface area contributed by atoms with Crippen LogP contribution in [-0.2, 0) is 0 Å². The summed E-state index contributed by atoms with van der Waals surface area (Å²) in [6, 6.07) is 11.2. The van der Waals surface area contributed by atoms with Crippen LogP contribution in [0.3, 0.4) is 0 Å². The van der Waals surface area contributed by atoms with Gasteiger partial charge in [0.05, 0.1) is 12.0 Å². The number of nitro benzene ring substituents is 1. The standard InChI is InChI=1S/C16H15N3O4S/c1-10-8-11(6-7-14(10)19(21)22)15(20)18-16(24)17-12-4-3-5-13(9-12)23-2/h3-9H,1-2H3,(H2,17,18,20,24). The van der Waals surface area contributed by atoms with Crippen molar-refractivity contribution in [3.05, 3.63) is 63.7 Å². The SMILES string of the molecule is COc1cccc(NC(=S)NC(=O)c2ccc([N+](=O)[O-])c(C)c2)c1. The maximum atomic E-state index is 12.2. The molecule has 0 saturated heterocycles. The molecule has 0 atom stereocenters. The molecule has 8 heteroatoms. The zero-order chi connectivity index (χ0) is 17.7. The summed E-state index contributed by atoms with van der Waals surface area (Å²) in [5.74, 6) is 0.202. The quantitative estimate of drug-likeness (QED) is 0.502. The Morgan fingerprint density at radius 3 is 2.62 bits per heavy atom. The second-order valence-electron chi connectivity index (χ2n) is 4.90. The van der Waals surface area contributed by atoms with E-state index in [-0.39, 0.29) is 16.4 Å². The number of ether oxygens (including phenoxy) is 1. The van der Waals surface area contributed by atoms with Crippen LogP contribution in [0.25, 0.3) is 0 Å². The van der Waals surface area contributed by atoms with Gasteiger partial charge in [-0.3, -0.25) is 20.2 Å². The van der Waals surface area contributed by atoms with E-state index in [1.165, 1.54) is 18.2 Å². The van der Waals surface area contributed by atoms with E-state index in [9.17, 15) is 14.9 Å². The molecule has 0 saturated carbocycles.